The largest absolute Gasteiger partial charge is 0.493 e. The molecule has 5 heteroatoms. The molecular formula is C27H40N2O3. The molecule has 1 aromatic carbocycles. The Hall–Kier alpha value is -2.04. The lowest BCUT2D eigenvalue weighted by Crippen LogP contribution is -2.51. The van der Waals surface area contributed by atoms with E-state index in [4.69, 9.17) is 4.74 Å². The standard InChI is InChI=1S/C27H40N2O3/c30-25(15-14-23-10-5-6-11-23)29-19-9-16-27(21-29,22-32-24-12-3-1-4-13-24)20-26(31)28-17-7-2-8-18-28/h1,3-4,12-13,23H,2,5-11,14-22H2. The van der Waals surface area contributed by atoms with Gasteiger partial charge in [0, 0.05) is 44.4 Å². The van der Waals surface area contributed by atoms with Crippen LogP contribution in [0.1, 0.15) is 77.0 Å². The Morgan fingerprint density at radius 1 is 0.875 bits per heavy atom. The number of amides is 2. The fourth-order valence-electron chi connectivity index (χ4n) is 5.85. The monoisotopic (exact) mass is 440 g/mol. The van der Waals surface area contributed by atoms with Gasteiger partial charge in [0.25, 0.3) is 0 Å². The van der Waals surface area contributed by atoms with Gasteiger partial charge in [-0.05, 0) is 56.6 Å². The number of carbonyl (C=O) groups excluding carboxylic acids is 2. The van der Waals surface area contributed by atoms with Crippen LogP contribution in [0.25, 0.3) is 0 Å². The maximum Gasteiger partial charge on any atom is 0.223 e. The minimum absolute atomic E-state index is 0.238. The van der Waals surface area contributed by atoms with Crippen molar-refractivity contribution in [2.24, 2.45) is 11.3 Å². The van der Waals surface area contributed by atoms with E-state index in [2.05, 4.69) is 0 Å². The molecule has 0 spiro atoms. The first-order valence-electron chi connectivity index (χ1n) is 12.9. The summed E-state index contributed by atoms with van der Waals surface area (Å²) in [6.07, 6.45) is 12.7. The summed E-state index contributed by atoms with van der Waals surface area (Å²) in [6, 6.07) is 9.86. The molecule has 3 fully saturated rings. The van der Waals surface area contributed by atoms with E-state index in [1.165, 1.54) is 32.1 Å². The Kier molecular flexibility index (Phi) is 8.10. The molecule has 0 N–H and O–H groups in total. The summed E-state index contributed by atoms with van der Waals surface area (Å²) in [5.74, 6) is 2.07. The normalized spacial score (nSPS) is 24.5. The highest BCUT2D eigenvalue weighted by Gasteiger charge is 2.41. The van der Waals surface area contributed by atoms with Gasteiger partial charge in [-0.15, -0.1) is 0 Å². The van der Waals surface area contributed by atoms with E-state index in [0.29, 0.717) is 26.0 Å². The maximum absolute atomic E-state index is 13.2. The molecular weight excluding hydrogens is 400 g/mol. The van der Waals surface area contributed by atoms with Crippen LogP contribution in [-0.4, -0.2) is 54.4 Å². The Bertz CT molecular complexity index is 741. The molecule has 32 heavy (non-hydrogen) atoms. The van der Waals surface area contributed by atoms with Crippen LogP contribution in [0, 0.1) is 11.3 Å². The summed E-state index contributed by atoms with van der Waals surface area (Å²) in [5.41, 5.74) is -0.300. The van der Waals surface area contributed by atoms with Crippen molar-refractivity contribution in [2.75, 3.05) is 32.8 Å². The molecule has 2 heterocycles. The van der Waals surface area contributed by atoms with Crippen LogP contribution in [-0.2, 0) is 9.59 Å². The minimum atomic E-state index is -0.300. The zero-order chi connectivity index (χ0) is 22.2. The molecule has 1 unspecified atom stereocenters. The first kappa shape index (κ1) is 23.1. The van der Waals surface area contributed by atoms with Crippen LogP contribution >= 0.6 is 0 Å². The highest BCUT2D eigenvalue weighted by atomic mass is 16.5. The molecule has 2 saturated heterocycles. The number of nitrogens with zero attached hydrogens (tertiary/aromatic N) is 2. The third-order valence-electron chi connectivity index (χ3n) is 7.78. The van der Waals surface area contributed by atoms with Crippen LogP contribution in [0.5, 0.6) is 5.75 Å². The number of likely N-dealkylation sites (tertiary alicyclic amines) is 2. The predicted octanol–water partition coefficient (Wildman–Crippen LogP) is 5.05. The lowest BCUT2D eigenvalue weighted by Gasteiger charge is -2.43. The second-order valence-electron chi connectivity index (χ2n) is 10.3. The van der Waals surface area contributed by atoms with E-state index >= 15 is 0 Å². The second kappa shape index (κ2) is 11.2. The zero-order valence-corrected chi connectivity index (χ0v) is 19.6. The number of hydrogen-bond acceptors (Lipinski definition) is 3. The van der Waals surface area contributed by atoms with E-state index in [9.17, 15) is 9.59 Å². The number of piperidine rings is 2. The van der Waals surface area contributed by atoms with Gasteiger partial charge in [-0.3, -0.25) is 9.59 Å². The molecule has 176 valence electrons. The zero-order valence-electron chi connectivity index (χ0n) is 19.6. The second-order valence-corrected chi connectivity index (χ2v) is 10.3. The van der Waals surface area contributed by atoms with Crippen LogP contribution in [0.15, 0.2) is 30.3 Å². The summed E-state index contributed by atoms with van der Waals surface area (Å²) in [7, 11) is 0. The summed E-state index contributed by atoms with van der Waals surface area (Å²) < 4.78 is 6.20. The first-order valence-corrected chi connectivity index (χ1v) is 12.9. The number of hydrogen-bond donors (Lipinski definition) is 0. The number of carbonyl (C=O) groups is 2. The van der Waals surface area contributed by atoms with Crippen LogP contribution in [0.3, 0.4) is 0 Å². The first-order chi connectivity index (χ1) is 15.6. The molecule has 0 radical (unpaired) electrons. The van der Waals surface area contributed by atoms with Crippen molar-refractivity contribution in [2.45, 2.75) is 77.0 Å². The van der Waals surface area contributed by atoms with Gasteiger partial charge in [0.15, 0.2) is 0 Å². The molecule has 1 atom stereocenters. The van der Waals surface area contributed by atoms with E-state index in [0.717, 1.165) is 63.4 Å². The van der Waals surface area contributed by atoms with Crippen molar-refractivity contribution < 1.29 is 14.3 Å². The third-order valence-corrected chi connectivity index (χ3v) is 7.78. The third kappa shape index (κ3) is 6.26. The van der Waals surface area contributed by atoms with Gasteiger partial charge in [0.05, 0.1) is 6.61 Å². The molecule has 0 aromatic heterocycles. The van der Waals surface area contributed by atoms with Crippen LogP contribution in [0.2, 0.25) is 0 Å². The number of para-hydroxylation sites is 1. The molecule has 0 bridgehead atoms. The minimum Gasteiger partial charge on any atom is -0.493 e. The smallest absolute Gasteiger partial charge is 0.223 e. The van der Waals surface area contributed by atoms with Gasteiger partial charge >= 0.3 is 0 Å². The van der Waals surface area contributed by atoms with E-state index in [-0.39, 0.29) is 17.2 Å². The predicted molar refractivity (Wildman–Crippen MR) is 126 cm³/mol. The molecule has 1 aromatic rings. The average molecular weight is 441 g/mol. The summed E-state index contributed by atoms with van der Waals surface area (Å²) >= 11 is 0. The van der Waals surface area contributed by atoms with E-state index in [1.807, 2.05) is 40.1 Å². The van der Waals surface area contributed by atoms with Gasteiger partial charge in [0.2, 0.25) is 11.8 Å². The summed E-state index contributed by atoms with van der Waals surface area (Å²) in [6.45, 7) is 3.69. The fourth-order valence-corrected chi connectivity index (χ4v) is 5.85. The molecule has 4 rings (SSSR count). The topological polar surface area (TPSA) is 49.9 Å². The van der Waals surface area contributed by atoms with Crippen molar-refractivity contribution >= 4 is 11.8 Å². The fraction of sp³-hybridized carbons (Fsp3) is 0.704. The highest BCUT2D eigenvalue weighted by Crippen LogP contribution is 2.36. The van der Waals surface area contributed by atoms with Crippen LogP contribution in [0.4, 0.5) is 0 Å². The van der Waals surface area contributed by atoms with Crippen LogP contribution < -0.4 is 4.74 Å². The van der Waals surface area contributed by atoms with Gasteiger partial charge < -0.3 is 14.5 Å². The molecule has 2 aliphatic heterocycles. The van der Waals surface area contributed by atoms with Gasteiger partial charge in [-0.2, -0.15) is 0 Å². The average Bonchev–Trinajstić information content (AvgIpc) is 3.36. The Morgan fingerprint density at radius 2 is 1.59 bits per heavy atom. The Balaban J connectivity index is 1.41. The number of benzene rings is 1. The lowest BCUT2D eigenvalue weighted by atomic mass is 9.77. The lowest BCUT2D eigenvalue weighted by molar-refractivity contribution is -0.142. The van der Waals surface area contributed by atoms with Gasteiger partial charge in [0.1, 0.15) is 5.75 Å². The SMILES string of the molecule is O=C(CC1(COc2ccccc2)CCCN(C(=O)CCC2CCCC2)C1)N1CCCCC1. The van der Waals surface area contributed by atoms with Crippen molar-refractivity contribution in [3.05, 3.63) is 30.3 Å². The Morgan fingerprint density at radius 3 is 2.34 bits per heavy atom. The Labute approximate surface area is 193 Å². The van der Waals surface area contributed by atoms with Crippen molar-refractivity contribution in [1.29, 1.82) is 0 Å². The molecule has 1 saturated carbocycles. The molecule has 3 aliphatic rings. The number of rotatable bonds is 8. The van der Waals surface area contributed by atoms with E-state index in [1.54, 1.807) is 0 Å². The van der Waals surface area contributed by atoms with Gasteiger partial charge in [-0.1, -0.05) is 43.9 Å². The molecule has 5 nitrogen and oxygen atoms in total. The van der Waals surface area contributed by atoms with Crippen molar-refractivity contribution in [1.82, 2.24) is 9.80 Å². The quantitative estimate of drug-likeness (QED) is 0.569. The maximum atomic E-state index is 13.2. The van der Waals surface area contributed by atoms with Crippen molar-refractivity contribution in [3.8, 4) is 5.75 Å². The summed E-state index contributed by atoms with van der Waals surface area (Å²) in [4.78, 5) is 30.4. The van der Waals surface area contributed by atoms with E-state index < -0.39 is 0 Å². The molecule has 2 amide bonds. The highest BCUT2D eigenvalue weighted by molar-refractivity contribution is 5.78. The molecule has 1 aliphatic carbocycles. The number of ether oxygens (including phenoxy) is 1. The summed E-state index contributed by atoms with van der Waals surface area (Å²) in [5, 5.41) is 0. The van der Waals surface area contributed by atoms with Crippen molar-refractivity contribution in [3.63, 3.8) is 0 Å². The van der Waals surface area contributed by atoms with Gasteiger partial charge in [-0.25, -0.2) is 0 Å².